The average molecular weight is 531 g/mol. The molecule has 2 aromatic heterocycles. The smallest absolute Gasteiger partial charge is 0.453 e. The van der Waals surface area contributed by atoms with Gasteiger partial charge in [-0.25, -0.2) is 5.32 Å². The van der Waals surface area contributed by atoms with Crippen LogP contribution in [0.5, 0.6) is 16.6 Å². The van der Waals surface area contributed by atoms with Gasteiger partial charge in [0.15, 0.2) is 5.75 Å². The fourth-order valence-electron chi connectivity index (χ4n) is 5.41. The van der Waals surface area contributed by atoms with E-state index in [2.05, 4.69) is 9.72 Å². The summed E-state index contributed by atoms with van der Waals surface area (Å²) in [6.45, 7) is 0.326. The van der Waals surface area contributed by atoms with Crippen LogP contribution in [0.1, 0.15) is 55.5 Å². The lowest BCUT2D eigenvalue weighted by atomic mass is 9.67. The van der Waals surface area contributed by atoms with Gasteiger partial charge in [0, 0.05) is 30.3 Å². The zero-order chi connectivity index (χ0) is 26.4. The highest BCUT2D eigenvalue weighted by molar-refractivity contribution is 7.14. The van der Waals surface area contributed by atoms with Crippen molar-refractivity contribution in [3.05, 3.63) is 35.0 Å². The van der Waals surface area contributed by atoms with E-state index in [1.54, 1.807) is 24.4 Å². The topological polar surface area (TPSA) is 225 Å². The van der Waals surface area contributed by atoms with Crippen molar-refractivity contribution in [1.82, 2.24) is 10.3 Å². The molecular formula is C22H30N2O11S. The van der Waals surface area contributed by atoms with Gasteiger partial charge in [-0.2, -0.15) is 0 Å². The van der Waals surface area contributed by atoms with Gasteiger partial charge in [0.2, 0.25) is 16.7 Å². The maximum atomic E-state index is 11.0. The molecule has 1 spiro atoms. The Morgan fingerprint density at radius 3 is 2.33 bits per heavy atom. The van der Waals surface area contributed by atoms with Crippen LogP contribution >= 0.6 is 11.3 Å². The maximum absolute atomic E-state index is 11.0. The van der Waals surface area contributed by atoms with E-state index in [0.29, 0.717) is 25.1 Å². The molecule has 2 fully saturated rings. The molecule has 1 atom stereocenters. The number of ether oxygens (including phenoxy) is 2. The third-order valence-electron chi connectivity index (χ3n) is 6.71. The van der Waals surface area contributed by atoms with Gasteiger partial charge in [-0.05, 0) is 37.8 Å². The van der Waals surface area contributed by atoms with Crippen LogP contribution < -0.4 is 10.1 Å². The summed E-state index contributed by atoms with van der Waals surface area (Å²) in [6, 6.07) is 5.23. The first-order chi connectivity index (χ1) is 16.7. The van der Waals surface area contributed by atoms with E-state index in [-0.39, 0.29) is 11.3 Å². The third-order valence-corrected chi connectivity index (χ3v) is 7.77. The predicted octanol–water partition coefficient (Wildman–Crippen LogP) is -0.705. The van der Waals surface area contributed by atoms with Crippen molar-refractivity contribution >= 4 is 11.3 Å². The van der Waals surface area contributed by atoms with Gasteiger partial charge in [-0.1, -0.05) is 30.2 Å². The number of aromatic nitrogens is 1. The molecule has 36 heavy (non-hydrogen) atoms. The lowest BCUT2D eigenvalue weighted by Gasteiger charge is -2.48. The summed E-state index contributed by atoms with van der Waals surface area (Å²) >= 11 is 0.116. The van der Waals surface area contributed by atoms with Crippen molar-refractivity contribution in [2.45, 2.75) is 73.9 Å². The van der Waals surface area contributed by atoms with Gasteiger partial charge in [0.05, 0.1) is 5.60 Å². The minimum atomic E-state index is -3.86. The van der Waals surface area contributed by atoms with Crippen molar-refractivity contribution in [3.63, 3.8) is 0 Å². The van der Waals surface area contributed by atoms with Crippen LogP contribution in [-0.4, -0.2) is 75.2 Å². The minimum absolute atomic E-state index is 0.116. The number of hydrogen-bond acceptors (Lipinski definition) is 14. The number of pyridine rings is 1. The summed E-state index contributed by atoms with van der Waals surface area (Å²) in [5.74, 6) is -8.63. The van der Waals surface area contributed by atoms with Crippen molar-refractivity contribution in [2.24, 2.45) is 0 Å². The van der Waals surface area contributed by atoms with E-state index < -0.39 is 56.9 Å². The zero-order valence-corrected chi connectivity index (χ0v) is 20.0. The monoisotopic (exact) mass is 530 g/mol. The molecule has 2 aromatic rings. The van der Waals surface area contributed by atoms with Crippen molar-refractivity contribution in [2.75, 3.05) is 6.61 Å². The van der Waals surface area contributed by atoms with E-state index in [1.807, 2.05) is 5.32 Å². The summed E-state index contributed by atoms with van der Waals surface area (Å²) in [4.78, 5) is 3.53. The van der Waals surface area contributed by atoms with Crippen LogP contribution in [0.2, 0.25) is 0 Å². The van der Waals surface area contributed by atoms with Crippen LogP contribution in [0.25, 0.3) is 0 Å². The molecule has 0 aromatic carbocycles. The lowest BCUT2D eigenvalue weighted by Crippen LogP contribution is -2.60. The molecule has 13 nitrogen and oxygen atoms in total. The van der Waals surface area contributed by atoms with E-state index in [9.17, 15) is 30.6 Å². The Hall–Kier alpha value is -2.11. The summed E-state index contributed by atoms with van der Waals surface area (Å²) in [7, 11) is 0. The van der Waals surface area contributed by atoms with Gasteiger partial charge in [0.1, 0.15) is 4.88 Å². The van der Waals surface area contributed by atoms with E-state index in [4.69, 9.17) is 20.1 Å². The molecule has 1 aliphatic carbocycles. The molecule has 200 valence electrons. The number of aliphatic hydroxyl groups is 7. The van der Waals surface area contributed by atoms with E-state index >= 15 is 0 Å². The van der Waals surface area contributed by atoms with Crippen LogP contribution in [-0.2, 0) is 16.1 Å². The summed E-state index contributed by atoms with van der Waals surface area (Å²) in [5, 5.41) is 91.2. The van der Waals surface area contributed by atoms with Crippen molar-refractivity contribution < 1.29 is 55.4 Å². The number of hydrogen-bond donors (Lipinski definition) is 10. The highest BCUT2D eigenvalue weighted by Gasteiger charge is 2.53. The molecule has 10 N–H and O–H groups in total. The molecule has 0 unspecified atom stereocenters. The molecular weight excluding hydrogens is 500 g/mol. The maximum Gasteiger partial charge on any atom is 0.453 e. The Kier molecular flexibility index (Phi) is 6.98. The van der Waals surface area contributed by atoms with E-state index in [0.717, 1.165) is 25.7 Å². The Labute approximate surface area is 209 Å². The number of thiophene rings is 1. The SMILES string of the molecule is Oc1sc(C(O)(O)NC(O)(O)C[C@@]2(c3ccccn3)CCOC3(CCCC3)C2)c(OC(O)(O)O)c1O. The quantitative estimate of drug-likeness (QED) is 0.191. The largest absolute Gasteiger partial charge is 0.501 e. The second-order valence-electron chi connectivity index (χ2n) is 9.54. The summed E-state index contributed by atoms with van der Waals surface area (Å²) in [6.07, 6.45) is 1.54. The number of rotatable bonds is 8. The lowest BCUT2D eigenvalue weighted by molar-refractivity contribution is -0.420. The molecule has 1 aliphatic heterocycles. The minimum Gasteiger partial charge on any atom is -0.501 e. The van der Waals surface area contributed by atoms with Crippen LogP contribution in [0.15, 0.2) is 24.4 Å². The molecule has 1 saturated heterocycles. The predicted molar refractivity (Wildman–Crippen MR) is 121 cm³/mol. The van der Waals surface area contributed by atoms with Crippen molar-refractivity contribution in [3.8, 4) is 16.6 Å². The van der Waals surface area contributed by atoms with Gasteiger partial charge >= 0.3 is 6.16 Å². The van der Waals surface area contributed by atoms with Gasteiger partial charge in [0.25, 0.3) is 5.91 Å². The molecule has 4 rings (SSSR count). The molecule has 2 aliphatic rings. The normalized spacial score (nSPS) is 22.8. The Balaban J connectivity index is 1.65. The Morgan fingerprint density at radius 2 is 1.72 bits per heavy atom. The zero-order valence-electron chi connectivity index (χ0n) is 19.2. The first-order valence-corrected chi connectivity index (χ1v) is 12.1. The third kappa shape index (κ3) is 5.57. The highest BCUT2D eigenvalue weighted by Crippen LogP contribution is 2.52. The highest BCUT2D eigenvalue weighted by atomic mass is 32.1. The Bertz CT molecular complexity index is 1060. The summed E-state index contributed by atoms with van der Waals surface area (Å²) < 4.78 is 10.4. The molecule has 0 bridgehead atoms. The van der Waals surface area contributed by atoms with Crippen LogP contribution in [0.3, 0.4) is 0 Å². The average Bonchev–Trinajstić information content (AvgIpc) is 3.32. The van der Waals surface area contributed by atoms with Gasteiger partial charge in [-0.15, -0.1) is 0 Å². The van der Waals surface area contributed by atoms with Gasteiger partial charge < -0.3 is 55.4 Å². The van der Waals surface area contributed by atoms with Crippen LogP contribution in [0, 0.1) is 0 Å². The number of nitrogens with zero attached hydrogens (tertiary/aromatic N) is 1. The second kappa shape index (κ2) is 9.33. The van der Waals surface area contributed by atoms with Crippen LogP contribution in [0.4, 0.5) is 0 Å². The Morgan fingerprint density at radius 1 is 1.03 bits per heavy atom. The first-order valence-electron chi connectivity index (χ1n) is 11.3. The molecule has 3 heterocycles. The number of aromatic hydroxyl groups is 2. The molecule has 1 saturated carbocycles. The molecule has 0 amide bonds. The van der Waals surface area contributed by atoms with Gasteiger partial charge in [-0.3, -0.25) is 4.98 Å². The first kappa shape index (κ1) is 26.9. The van der Waals surface area contributed by atoms with Crippen molar-refractivity contribution in [1.29, 1.82) is 0 Å². The fourth-order valence-corrected chi connectivity index (χ4v) is 6.21. The summed E-state index contributed by atoms with van der Waals surface area (Å²) in [5.41, 5.74) is -0.844. The number of nitrogens with one attached hydrogen (secondary N) is 1. The standard InChI is InChI=1S/C22H30N2O11S/c25-14-15(35-22(31,32)33)16(36-17(14)26)21(29,30)24-20(27,28)12-18(13-5-1-4-9-23-13)8-10-34-19(11-18)6-2-3-7-19/h1,4-5,9,24-33H,2-3,6-8,10-12H2/t18-/m1/s1. The van der Waals surface area contributed by atoms with E-state index in [1.165, 1.54) is 0 Å². The molecule has 0 radical (unpaired) electrons. The fraction of sp³-hybridized carbons (Fsp3) is 0.591. The second-order valence-corrected chi connectivity index (χ2v) is 10.5. The molecule has 14 heteroatoms.